The molecule has 1 atom stereocenters. The van der Waals surface area contributed by atoms with Crippen LogP contribution in [0.3, 0.4) is 0 Å². The van der Waals surface area contributed by atoms with E-state index in [4.69, 9.17) is 16.0 Å². The fraction of sp³-hybridized carbons (Fsp3) is 0.400. The van der Waals surface area contributed by atoms with Crippen LogP contribution in [-0.4, -0.2) is 10.2 Å². The summed E-state index contributed by atoms with van der Waals surface area (Å²) in [7, 11) is 0. The molecule has 0 spiro atoms. The second kappa shape index (κ2) is 4.77. The molecule has 0 bridgehead atoms. The maximum Gasteiger partial charge on any atom is 0.135 e. The van der Waals surface area contributed by atoms with Gasteiger partial charge in [0.1, 0.15) is 15.8 Å². The zero-order chi connectivity index (χ0) is 10.7. The lowest BCUT2D eigenvalue weighted by molar-refractivity contribution is 0.508. The number of nitrogens with zero attached hydrogens (tertiary/aromatic N) is 2. The van der Waals surface area contributed by atoms with E-state index >= 15 is 0 Å². The Morgan fingerprint density at radius 1 is 1.47 bits per heavy atom. The van der Waals surface area contributed by atoms with Crippen LogP contribution in [0.25, 0.3) is 0 Å². The Balaban J connectivity index is 1.94. The Morgan fingerprint density at radius 3 is 2.93 bits per heavy atom. The van der Waals surface area contributed by atoms with Crippen LogP contribution in [0.1, 0.15) is 28.1 Å². The summed E-state index contributed by atoms with van der Waals surface area (Å²) in [5, 5.41) is 9.93. The number of furan rings is 1. The normalized spacial score (nSPS) is 12.9. The highest BCUT2D eigenvalue weighted by molar-refractivity contribution is 7.11. The quantitative estimate of drug-likeness (QED) is 0.773. The molecule has 2 aromatic rings. The third-order valence-electron chi connectivity index (χ3n) is 1.99. The molecule has 0 aliphatic rings. The summed E-state index contributed by atoms with van der Waals surface area (Å²) in [6.45, 7) is 1.90. The van der Waals surface area contributed by atoms with Gasteiger partial charge in [-0.05, 0) is 19.1 Å². The lowest BCUT2D eigenvalue weighted by atomic mass is 10.2. The van der Waals surface area contributed by atoms with Crippen LogP contribution in [0, 0.1) is 0 Å². The minimum atomic E-state index is -0.0557. The van der Waals surface area contributed by atoms with Gasteiger partial charge in [-0.25, -0.2) is 0 Å². The molecule has 0 saturated heterocycles. The SMILES string of the molecule is CC(Cl)c1nnc(CCc2ccco2)s1. The smallest absolute Gasteiger partial charge is 0.135 e. The molecule has 15 heavy (non-hydrogen) atoms. The number of hydrogen-bond acceptors (Lipinski definition) is 4. The largest absolute Gasteiger partial charge is 0.469 e. The minimum Gasteiger partial charge on any atom is -0.469 e. The van der Waals surface area contributed by atoms with Gasteiger partial charge in [-0.1, -0.05) is 11.3 Å². The van der Waals surface area contributed by atoms with Gasteiger partial charge < -0.3 is 4.42 Å². The first-order valence-corrected chi connectivity index (χ1v) is 5.99. The van der Waals surface area contributed by atoms with Gasteiger partial charge >= 0.3 is 0 Å². The molecule has 0 aromatic carbocycles. The van der Waals surface area contributed by atoms with Gasteiger partial charge in [-0.15, -0.1) is 21.8 Å². The first kappa shape index (κ1) is 10.6. The summed E-state index contributed by atoms with van der Waals surface area (Å²) in [6.07, 6.45) is 3.40. The topological polar surface area (TPSA) is 38.9 Å². The number of hydrogen-bond donors (Lipinski definition) is 0. The van der Waals surface area contributed by atoms with Crippen LogP contribution >= 0.6 is 22.9 Å². The Labute approximate surface area is 97.1 Å². The molecule has 0 amide bonds. The monoisotopic (exact) mass is 242 g/mol. The molecule has 2 heterocycles. The van der Waals surface area contributed by atoms with Crippen molar-refractivity contribution in [2.45, 2.75) is 25.1 Å². The van der Waals surface area contributed by atoms with Gasteiger partial charge in [0, 0.05) is 12.8 Å². The highest BCUT2D eigenvalue weighted by Gasteiger charge is 2.09. The van der Waals surface area contributed by atoms with Crippen LogP contribution in [0.5, 0.6) is 0 Å². The summed E-state index contributed by atoms with van der Waals surface area (Å²) < 4.78 is 5.24. The van der Waals surface area contributed by atoms with Crippen molar-refractivity contribution in [1.29, 1.82) is 0 Å². The average molecular weight is 243 g/mol. The molecule has 0 radical (unpaired) electrons. The predicted molar refractivity (Wildman–Crippen MR) is 60.3 cm³/mol. The number of aryl methyl sites for hydroxylation is 2. The Kier molecular flexibility index (Phi) is 3.38. The van der Waals surface area contributed by atoms with Crippen LogP contribution in [-0.2, 0) is 12.8 Å². The Bertz CT molecular complexity index is 411. The summed E-state index contributed by atoms with van der Waals surface area (Å²) in [5.74, 6) is 0.977. The highest BCUT2D eigenvalue weighted by Crippen LogP contribution is 2.23. The fourth-order valence-electron chi connectivity index (χ4n) is 1.21. The molecule has 3 nitrogen and oxygen atoms in total. The first-order chi connectivity index (χ1) is 7.25. The van der Waals surface area contributed by atoms with Crippen molar-refractivity contribution in [1.82, 2.24) is 10.2 Å². The highest BCUT2D eigenvalue weighted by atomic mass is 35.5. The van der Waals surface area contributed by atoms with E-state index in [2.05, 4.69) is 10.2 Å². The second-order valence-corrected chi connectivity index (χ2v) is 4.98. The lowest BCUT2D eigenvalue weighted by Gasteiger charge is -1.93. The van der Waals surface area contributed by atoms with E-state index in [1.807, 2.05) is 19.1 Å². The van der Waals surface area contributed by atoms with Crippen molar-refractivity contribution in [3.63, 3.8) is 0 Å². The average Bonchev–Trinajstić information content (AvgIpc) is 2.86. The van der Waals surface area contributed by atoms with Gasteiger partial charge in [0.05, 0.1) is 11.6 Å². The van der Waals surface area contributed by atoms with Gasteiger partial charge in [0.2, 0.25) is 0 Å². The van der Waals surface area contributed by atoms with E-state index in [1.54, 1.807) is 17.6 Å². The van der Waals surface area contributed by atoms with Crippen molar-refractivity contribution < 1.29 is 4.42 Å². The van der Waals surface area contributed by atoms with E-state index in [0.29, 0.717) is 0 Å². The predicted octanol–water partition coefficient (Wildman–Crippen LogP) is 3.22. The molecule has 2 rings (SSSR count). The molecule has 0 aliphatic heterocycles. The maximum absolute atomic E-state index is 5.91. The van der Waals surface area contributed by atoms with E-state index in [0.717, 1.165) is 28.6 Å². The molecule has 0 fully saturated rings. The number of alkyl halides is 1. The van der Waals surface area contributed by atoms with Gasteiger partial charge in [0.25, 0.3) is 0 Å². The molecule has 0 N–H and O–H groups in total. The summed E-state index contributed by atoms with van der Waals surface area (Å²) in [4.78, 5) is 0. The lowest BCUT2D eigenvalue weighted by Crippen LogP contribution is -1.88. The van der Waals surface area contributed by atoms with Crippen molar-refractivity contribution >= 4 is 22.9 Å². The van der Waals surface area contributed by atoms with Crippen molar-refractivity contribution in [2.24, 2.45) is 0 Å². The van der Waals surface area contributed by atoms with Crippen molar-refractivity contribution in [3.05, 3.63) is 34.2 Å². The fourth-order valence-corrected chi connectivity index (χ4v) is 2.16. The second-order valence-electron chi connectivity index (χ2n) is 3.23. The Morgan fingerprint density at radius 2 is 2.33 bits per heavy atom. The molecule has 0 saturated carbocycles. The molecule has 1 unspecified atom stereocenters. The minimum absolute atomic E-state index is 0.0557. The van der Waals surface area contributed by atoms with Crippen LogP contribution < -0.4 is 0 Å². The van der Waals surface area contributed by atoms with E-state index in [1.165, 1.54) is 0 Å². The third kappa shape index (κ3) is 2.79. The maximum atomic E-state index is 5.91. The number of rotatable bonds is 4. The molecule has 2 aromatic heterocycles. The van der Waals surface area contributed by atoms with Crippen molar-refractivity contribution in [3.8, 4) is 0 Å². The summed E-state index contributed by atoms with van der Waals surface area (Å²) in [5.41, 5.74) is 0. The van der Waals surface area contributed by atoms with Gasteiger partial charge in [-0.3, -0.25) is 0 Å². The molecule has 80 valence electrons. The Hall–Kier alpha value is -0.870. The summed E-state index contributed by atoms with van der Waals surface area (Å²) in [6, 6.07) is 3.85. The molecular formula is C10H11ClN2OS. The standard InChI is InChI=1S/C10H11ClN2OS/c1-7(11)10-13-12-9(15-10)5-4-8-3-2-6-14-8/h2-3,6-7H,4-5H2,1H3. The van der Waals surface area contributed by atoms with Crippen LogP contribution in [0.2, 0.25) is 0 Å². The molecule has 0 aliphatic carbocycles. The number of aromatic nitrogens is 2. The number of halogens is 1. The van der Waals surface area contributed by atoms with Gasteiger partial charge in [-0.2, -0.15) is 0 Å². The van der Waals surface area contributed by atoms with E-state index < -0.39 is 0 Å². The third-order valence-corrected chi connectivity index (χ3v) is 3.49. The van der Waals surface area contributed by atoms with Gasteiger partial charge in [0.15, 0.2) is 0 Å². The zero-order valence-electron chi connectivity index (χ0n) is 8.31. The zero-order valence-corrected chi connectivity index (χ0v) is 9.88. The summed E-state index contributed by atoms with van der Waals surface area (Å²) >= 11 is 7.47. The molecule has 5 heteroatoms. The van der Waals surface area contributed by atoms with Crippen molar-refractivity contribution in [2.75, 3.05) is 0 Å². The van der Waals surface area contributed by atoms with E-state index in [-0.39, 0.29) is 5.38 Å². The van der Waals surface area contributed by atoms with E-state index in [9.17, 15) is 0 Å². The van der Waals surface area contributed by atoms with Crippen LogP contribution in [0.15, 0.2) is 22.8 Å². The molecular weight excluding hydrogens is 232 g/mol. The first-order valence-electron chi connectivity index (χ1n) is 4.74. The van der Waals surface area contributed by atoms with Crippen LogP contribution in [0.4, 0.5) is 0 Å².